The molecular weight excluding hydrogens is 414 g/mol. The third-order valence-electron chi connectivity index (χ3n) is 5.62. The summed E-state index contributed by atoms with van der Waals surface area (Å²) in [5.41, 5.74) is 0.985. The quantitative estimate of drug-likeness (QED) is 0.628. The van der Waals surface area contributed by atoms with Crippen LogP contribution in [0.5, 0.6) is 11.5 Å². The first-order valence-corrected chi connectivity index (χ1v) is 11.3. The first-order valence-electron chi connectivity index (χ1n) is 10.5. The number of rotatable bonds is 4. The highest BCUT2D eigenvalue weighted by Gasteiger charge is 2.33. The van der Waals surface area contributed by atoms with Crippen molar-refractivity contribution in [3.05, 3.63) is 53.5 Å². The zero-order valence-corrected chi connectivity index (χ0v) is 17.8. The molecule has 0 radical (unpaired) electrons. The standard InChI is InChI=1S/C23H23N3O4S/c27-22(10-9-21-24-16-5-1-4-8-20(16)31-21)25-11-13-26(14-12-25)23(28)19-15-29-17-6-2-3-7-18(17)30-19/h1-8,19H,9-15H2/t19-/m0/s1. The molecule has 0 unspecified atom stereocenters. The molecule has 1 fully saturated rings. The lowest BCUT2D eigenvalue weighted by Gasteiger charge is -2.37. The largest absolute Gasteiger partial charge is 0.485 e. The molecule has 2 amide bonds. The Labute approximate surface area is 184 Å². The number of carbonyl (C=O) groups excluding carboxylic acids is 2. The summed E-state index contributed by atoms with van der Waals surface area (Å²) in [5.74, 6) is 1.28. The molecule has 0 saturated carbocycles. The number of carbonyl (C=O) groups is 2. The third-order valence-corrected chi connectivity index (χ3v) is 6.72. The summed E-state index contributed by atoms with van der Waals surface area (Å²) in [5, 5.41) is 0.984. The molecule has 2 aliphatic heterocycles. The van der Waals surface area contributed by atoms with Gasteiger partial charge >= 0.3 is 0 Å². The number of fused-ring (bicyclic) bond motifs is 2. The van der Waals surface area contributed by atoms with Crippen LogP contribution in [0.1, 0.15) is 11.4 Å². The van der Waals surface area contributed by atoms with Gasteiger partial charge in [-0.05, 0) is 24.3 Å². The maximum Gasteiger partial charge on any atom is 0.267 e. The highest BCUT2D eigenvalue weighted by Crippen LogP contribution is 2.31. The van der Waals surface area contributed by atoms with Gasteiger partial charge in [0.2, 0.25) is 12.0 Å². The van der Waals surface area contributed by atoms with Crippen molar-refractivity contribution >= 4 is 33.4 Å². The second kappa shape index (κ2) is 8.55. The predicted molar refractivity (Wildman–Crippen MR) is 117 cm³/mol. The van der Waals surface area contributed by atoms with Gasteiger partial charge in [-0.1, -0.05) is 24.3 Å². The Hall–Kier alpha value is -3.13. The lowest BCUT2D eigenvalue weighted by molar-refractivity contribution is -0.146. The Morgan fingerprint density at radius 3 is 2.48 bits per heavy atom. The van der Waals surface area contributed by atoms with E-state index in [2.05, 4.69) is 4.98 Å². The molecule has 0 bridgehead atoms. The monoisotopic (exact) mass is 437 g/mol. The Bertz CT molecular complexity index is 1070. The van der Waals surface area contributed by atoms with Crippen LogP contribution in [0.25, 0.3) is 10.2 Å². The van der Waals surface area contributed by atoms with E-state index >= 15 is 0 Å². The van der Waals surface area contributed by atoms with Gasteiger partial charge < -0.3 is 19.3 Å². The van der Waals surface area contributed by atoms with Crippen LogP contribution in [0.15, 0.2) is 48.5 Å². The second-order valence-corrected chi connectivity index (χ2v) is 8.76. The molecule has 3 aromatic rings. The van der Waals surface area contributed by atoms with Crippen molar-refractivity contribution in [3.63, 3.8) is 0 Å². The fourth-order valence-corrected chi connectivity index (χ4v) is 4.89. The summed E-state index contributed by atoms with van der Waals surface area (Å²) in [6, 6.07) is 15.4. The Morgan fingerprint density at radius 1 is 0.968 bits per heavy atom. The van der Waals surface area contributed by atoms with Crippen molar-refractivity contribution in [1.82, 2.24) is 14.8 Å². The molecule has 160 valence electrons. The molecule has 0 spiro atoms. The van der Waals surface area contributed by atoms with E-state index in [0.29, 0.717) is 50.5 Å². The zero-order chi connectivity index (χ0) is 21.2. The molecule has 5 rings (SSSR count). The van der Waals surface area contributed by atoms with Crippen molar-refractivity contribution < 1.29 is 19.1 Å². The predicted octanol–water partition coefficient (Wildman–Crippen LogP) is 2.74. The van der Waals surface area contributed by atoms with Gasteiger partial charge in [0.05, 0.1) is 15.2 Å². The maximum absolute atomic E-state index is 12.8. The van der Waals surface area contributed by atoms with E-state index in [9.17, 15) is 9.59 Å². The highest BCUT2D eigenvalue weighted by atomic mass is 32.1. The van der Waals surface area contributed by atoms with Crippen LogP contribution in [0.3, 0.4) is 0 Å². The fraction of sp³-hybridized carbons (Fsp3) is 0.348. The molecule has 1 aromatic heterocycles. The third kappa shape index (κ3) is 4.20. The lowest BCUT2D eigenvalue weighted by atomic mass is 10.2. The SMILES string of the molecule is O=C(CCc1nc2ccccc2s1)N1CCN(C(=O)[C@@H]2COc3ccccc3O2)CC1. The summed E-state index contributed by atoms with van der Waals surface area (Å²) >= 11 is 1.64. The van der Waals surface area contributed by atoms with Gasteiger partial charge in [-0.25, -0.2) is 4.98 Å². The molecular formula is C23H23N3O4S. The smallest absolute Gasteiger partial charge is 0.267 e. The number of benzene rings is 2. The van der Waals surface area contributed by atoms with Gasteiger partial charge in [0.25, 0.3) is 5.91 Å². The van der Waals surface area contributed by atoms with E-state index in [4.69, 9.17) is 9.47 Å². The van der Waals surface area contributed by atoms with E-state index in [1.165, 1.54) is 0 Å². The number of aryl methyl sites for hydroxylation is 1. The second-order valence-electron chi connectivity index (χ2n) is 7.65. The molecule has 8 heteroatoms. The molecule has 0 N–H and O–H groups in total. The van der Waals surface area contributed by atoms with E-state index in [0.717, 1.165) is 15.2 Å². The van der Waals surface area contributed by atoms with Crippen LogP contribution in [-0.2, 0) is 16.0 Å². The van der Waals surface area contributed by atoms with Crippen LogP contribution < -0.4 is 9.47 Å². The molecule has 2 aliphatic rings. The van der Waals surface area contributed by atoms with Crippen LogP contribution in [0.4, 0.5) is 0 Å². The number of ether oxygens (including phenoxy) is 2. The molecule has 7 nitrogen and oxygen atoms in total. The number of hydrogen-bond donors (Lipinski definition) is 0. The van der Waals surface area contributed by atoms with E-state index in [1.54, 1.807) is 22.3 Å². The van der Waals surface area contributed by atoms with Crippen molar-refractivity contribution in [2.75, 3.05) is 32.8 Å². The van der Waals surface area contributed by atoms with Gasteiger partial charge in [0.1, 0.15) is 6.61 Å². The van der Waals surface area contributed by atoms with Gasteiger partial charge in [-0.2, -0.15) is 0 Å². The zero-order valence-electron chi connectivity index (χ0n) is 17.0. The van der Waals surface area contributed by atoms with Crippen molar-refractivity contribution in [1.29, 1.82) is 0 Å². The first-order chi connectivity index (χ1) is 15.2. The van der Waals surface area contributed by atoms with Crippen LogP contribution >= 0.6 is 11.3 Å². The van der Waals surface area contributed by atoms with E-state index in [-0.39, 0.29) is 18.4 Å². The first kappa shape index (κ1) is 19.8. The molecule has 31 heavy (non-hydrogen) atoms. The summed E-state index contributed by atoms with van der Waals surface area (Å²) < 4.78 is 12.6. The number of hydrogen-bond acceptors (Lipinski definition) is 6. The molecule has 2 aromatic carbocycles. The molecule has 0 aliphatic carbocycles. The summed E-state index contributed by atoms with van der Waals surface area (Å²) in [6.45, 7) is 2.29. The molecule has 1 saturated heterocycles. The summed E-state index contributed by atoms with van der Waals surface area (Å²) in [6.07, 6.45) is 0.435. The van der Waals surface area contributed by atoms with Crippen LogP contribution in [0, 0.1) is 0 Å². The summed E-state index contributed by atoms with van der Waals surface area (Å²) in [4.78, 5) is 33.7. The number of thiazole rings is 1. The number of nitrogens with zero attached hydrogens (tertiary/aromatic N) is 3. The number of aromatic nitrogens is 1. The summed E-state index contributed by atoms with van der Waals surface area (Å²) in [7, 11) is 0. The van der Waals surface area contributed by atoms with Crippen molar-refractivity contribution in [2.45, 2.75) is 18.9 Å². The van der Waals surface area contributed by atoms with Crippen LogP contribution in [0.2, 0.25) is 0 Å². The van der Waals surface area contributed by atoms with Crippen molar-refractivity contribution in [3.8, 4) is 11.5 Å². The van der Waals surface area contributed by atoms with Crippen LogP contribution in [-0.4, -0.2) is 65.5 Å². The Balaban J connectivity index is 1.11. The fourth-order valence-electron chi connectivity index (χ4n) is 3.92. The number of para-hydroxylation sites is 3. The Kier molecular flexibility index (Phi) is 5.46. The maximum atomic E-state index is 12.8. The highest BCUT2D eigenvalue weighted by molar-refractivity contribution is 7.18. The lowest BCUT2D eigenvalue weighted by Crippen LogP contribution is -2.55. The average Bonchev–Trinajstić information content (AvgIpc) is 3.25. The molecule has 1 atom stereocenters. The minimum absolute atomic E-state index is 0.0870. The minimum Gasteiger partial charge on any atom is -0.485 e. The van der Waals surface area contributed by atoms with E-state index in [1.807, 2.05) is 47.4 Å². The topological polar surface area (TPSA) is 72.0 Å². The average molecular weight is 438 g/mol. The minimum atomic E-state index is -0.642. The van der Waals surface area contributed by atoms with E-state index < -0.39 is 6.10 Å². The molecule has 3 heterocycles. The number of piperazine rings is 1. The van der Waals surface area contributed by atoms with Gasteiger partial charge in [0, 0.05) is 39.0 Å². The van der Waals surface area contributed by atoms with Gasteiger partial charge in [-0.15, -0.1) is 11.3 Å². The van der Waals surface area contributed by atoms with Gasteiger partial charge in [-0.3, -0.25) is 9.59 Å². The Morgan fingerprint density at radius 2 is 1.68 bits per heavy atom. The normalized spacial score (nSPS) is 18.3. The van der Waals surface area contributed by atoms with Crippen molar-refractivity contribution in [2.24, 2.45) is 0 Å². The van der Waals surface area contributed by atoms with Gasteiger partial charge in [0.15, 0.2) is 11.5 Å². The number of amides is 2.